The molecule has 0 atom stereocenters. The zero-order chi connectivity index (χ0) is 0. The minimum Gasteiger partial charge on any atom is -1.00 e. The van der Waals surface area contributed by atoms with Crippen molar-refractivity contribution in [2.24, 2.45) is 0 Å². The van der Waals surface area contributed by atoms with Crippen LogP contribution in [0.1, 0.15) is 0 Å². The van der Waals surface area contributed by atoms with Crippen LogP contribution in [0.2, 0.25) is 0 Å². The summed E-state index contributed by atoms with van der Waals surface area (Å²) in [4.78, 5) is 0. The second-order valence-electron chi connectivity index (χ2n) is 0. The van der Waals surface area contributed by atoms with E-state index in [-0.39, 0.29) is 103 Å². The molecule has 0 amide bonds. The van der Waals surface area contributed by atoms with Crippen LogP contribution in [0.4, 0.5) is 0 Å². The average Bonchev–Trinajstić information content (AvgIpc) is 0. The summed E-state index contributed by atoms with van der Waals surface area (Å²) in [5.74, 6) is 0. The van der Waals surface area contributed by atoms with Crippen LogP contribution in [0.3, 0.4) is 0 Å². The molecule has 13 heavy (non-hydrogen) atoms. The summed E-state index contributed by atoms with van der Waals surface area (Å²) in [7, 11) is 0. The Hall–Kier alpha value is 0.979. The summed E-state index contributed by atoms with van der Waals surface area (Å²) >= 11 is 0. The Morgan fingerprint density at radius 3 is 0.231 bits per heavy atom. The van der Waals surface area contributed by atoms with Crippen LogP contribution >= 0.6 is 0 Å². The molecule has 0 heterocycles. The van der Waals surface area contributed by atoms with Crippen molar-refractivity contribution in [3.8, 4) is 0 Å². The maximum absolute atomic E-state index is 0. The summed E-state index contributed by atoms with van der Waals surface area (Å²) in [6.45, 7) is 0. The van der Waals surface area contributed by atoms with Gasteiger partial charge in [0.1, 0.15) is 0 Å². The van der Waals surface area contributed by atoms with Crippen molar-refractivity contribution < 1.29 is 79.6 Å². The van der Waals surface area contributed by atoms with Gasteiger partial charge in [-0.25, -0.2) is 0 Å². The Morgan fingerprint density at radius 2 is 0.231 bits per heavy atom. The van der Waals surface area contributed by atoms with Crippen LogP contribution in [0.5, 0.6) is 0 Å². The first kappa shape index (κ1) is 2460. The Morgan fingerprint density at radius 1 is 0.231 bits per heavy atom. The Bertz CT molecular complexity index is 12.9. The number of hydrogen-bond donors (Lipinski definition) is 0. The normalized spacial score (nSPS) is 0. The molecule has 0 unspecified atom stereocenters. The van der Waals surface area contributed by atoms with Gasteiger partial charge in [-0.2, -0.15) is 0 Å². The molecule has 0 bridgehead atoms. The third-order valence-electron chi connectivity index (χ3n) is 0. The molecule has 0 aromatic carbocycles. The molecule has 20 N–H and O–H groups in total. The van der Waals surface area contributed by atoms with Crippen molar-refractivity contribution in [2.75, 3.05) is 0 Å². The summed E-state index contributed by atoms with van der Waals surface area (Å²) < 4.78 is 0. The molecule has 10 nitrogen and oxygen atoms in total. The first-order valence-electron chi connectivity index (χ1n) is 0. The molecular weight excluding hydrogens is 350 g/mol. The SMILES string of the molecule is O.O.O.O.O.O.O.O.O.O.[Cl-].[Cl-].[Sn+2]. The predicted molar refractivity (Wildman–Crippen MR) is 41.9 cm³/mol. The van der Waals surface area contributed by atoms with E-state index < -0.39 is 0 Å². The fourth-order valence-electron chi connectivity index (χ4n) is 0. The van der Waals surface area contributed by atoms with Crippen LogP contribution in [-0.2, 0) is 0 Å². The van der Waals surface area contributed by atoms with E-state index >= 15 is 0 Å². The van der Waals surface area contributed by atoms with E-state index in [1.54, 1.807) is 0 Å². The topological polar surface area (TPSA) is 315 Å². The maximum Gasteiger partial charge on any atom is 2.00 e. The van der Waals surface area contributed by atoms with Gasteiger partial charge in [0.2, 0.25) is 0 Å². The monoisotopic (exact) mass is 370 g/mol. The minimum atomic E-state index is 0. The third-order valence-corrected chi connectivity index (χ3v) is 0. The second-order valence-corrected chi connectivity index (χ2v) is 0. The fraction of sp³-hybridized carbons (Fsp3) is 0. The van der Waals surface area contributed by atoms with Gasteiger partial charge < -0.3 is 79.6 Å². The molecule has 0 saturated heterocycles. The number of rotatable bonds is 0. The quantitative estimate of drug-likeness (QED) is 0.358. The van der Waals surface area contributed by atoms with Gasteiger partial charge in [0.15, 0.2) is 0 Å². The number of hydrogen-bond acceptors (Lipinski definition) is 0. The fourth-order valence-corrected chi connectivity index (χ4v) is 0. The van der Waals surface area contributed by atoms with Crippen molar-refractivity contribution in [1.82, 2.24) is 0 Å². The van der Waals surface area contributed by atoms with Gasteiger partial charge in [-0.3, -0.25) is 0 Å². The van der Waals surface area contributed by atoms with Crippen molar-refractivity contribution in [2.45, 2.75) is 0 Å². The molecule has 0 aromatic rings. The van der Waals surface area contributed by atoms with Crippen LogP contribution in [0, 0.1) is 0 Å². The Kier molecular flexibility index (Phi) is 368000. The molecule has 0 saturated carbocycles. The number of halogens is 2. The molecule has 98 valence electrons. The summed E-state index contributed by atoms with van der Waals surface area (Å²) in [5, 5.41) is 0. The van der Waals surface area contributed by atoms with Gasteiger partial charge in [-0.15, -0.1) is 0 Å². The van der Waals surface area contributed by atoms with Crippen molar-refractivity contribution in [1.29, 1.82) is 0 Å². The molecule has 0 aliphatic heterocycles. The van der Waals surface area contributed by atoms with E-state index in [1.807, 2.05) is 0 Å². The maximum atomic E-state index is 0. The van der Waals surface area contributed by atoms with Gasteiger partial charge >= 0.3 is 23.9 Å². The van der Waals surface area contributed by atoms with Gasteiger partial charge in [0.25, 0.3) is 0 Å². The van der Waals surface area contributed by atoms with Gasteiger partial charge in [-0.05, 0) is 0 Å². The van der Waals surface area contributed by atoms with Crippen molar-refractivity contribution >= 4 is 23.9 Å². The van der Waals surface area contributed by atoms with Crippen molar-refractivity contribution in [3.05, 3.63) is 0 Å². The molecule has 13 heteroatoms. The molecule has 0 aromatic heterocycles. The van der Waals surface area contributed by atoms with Crippen LogP contribution < -0.4 is 24.8 Å². The Labute approximate surface area is 104 Å². The zero-order valence-electron chi connectivity index (χ0n) is 6.26. The molecule has 0 fully saturated rings. The zero-order valence-corrected chi connectivity index (χ0v) is 10.6. The smallest absolute Gasteiger partial charge is 1.00 e. The first-order chi connectivity index (χ1) is 0. The largest absolute Gasteiger partial charge is 2.00 e. The molecule has 2 radical (unpaired) electrons. The minimum absolute atomic E-state index is 0. The van der Waals surface area contributed by atoms with Gasteiger partial charge in [-0.1, -0.05) is 0 Å². The van der Waals surface area contributed by atoms with Crippen LogP contribution in [0.15, 0.2) is 0 Å². The van der Waals surface area contributed by atoms with Crippen LogP contribution in [0.25, 0.3) is 0 Å². The van der Waals surface area contributed by atoms with E-state index in [4.69, 9.17) is 0 Å². The summed E-state index contributed by atoms with van der Waals surface area (Å²) in [6.07, 6.45) is 0. The molecule has 0 aliphatic rings. The molecule has 0 aliphatic carbocycles. The third kappa shape index (κ3) is 1630. The standard InChI is InChI=1S/2ClH.10H2O.Sn/h2*1H;10*1H2;/q;;;;;;;;;;;;+2/p-2. The van der Waals surface area contributed by atoms with E-state index in [9.17, 15) is 0 Å². The molecule has 0 spiro atoms. The average molecular weight is 370 g/mol. The Balaban J connectivity index is 0. The van der Waals surface area contributed by atoms with E-state index in [0.29, 0.717) is 0 Å². The summed E-state index contributed by atoms with van der Waals surface area (Å²) in [6, 6.07) is 0. The van der Waals surface area contributed by atoms with Crippen LogP contribution in [-0.4, -0.2) is 78.7 Å². The second kappa shape index (κ2) is 1940. The van der Waals surface area contributed by atoms with Gasteiger partial charge in [0.05, 0.1) is 0 Å². The van der Waals surface area contributed by atoms with Crippen molar-refractivity contribution in [3.63, 3.8) is 0 Å². The van der Waals surface area contributed by atoms with E-state index in [0.717, 1.165) is 0 Å². The van der Waals surface area contributed by atoms with Gasteiger partial charge in [0, 0.05) is 0 Å². The van der Waals surface area contributed by atoms with E-state index in [1.165, 1.54) is 0 Å². The molecular formula is H20Cl2O10Sn. The molecule has 0 rings (SSSR count). The van der Waals surface area contributed by atoms with E-state index in [2.05, 4.69) is 0 Å². The predicted octanol–water partition coefficient (Wildman–Crippen LogP) is -14.6. The first-order valence-corrected chi connectivity index (χ1v) is 0. The summed E-state index contributed by atoms with van der Waals surface area (Å²) in [5.41, 5.74) is 0.